The van der Waals surface area contributed by atoms with E-state index < -0.39 is 0 Å². The molecule has 3 heteroatoms. The van der Waals surface area contributed by atoms with Gasteiger partial charge in [0, 0.05) is 13.1 Å². The van der Waals surface area contributed by atoms with Crippen molar-refractivity contribution in [2.24, 2.45) is 56.7 Å². The summed E-state index contributed by atoms with van der Waals surface area (Å²) >= 11 is 0. The molecule has 5 aliphatic carbocycles. The van der Waals surface area contributed by atoms with Gasteiger partial charge < -0.3 is 9.84 Å². The predicted octanol–water partition coefficient (Wildman–Crippen LogP) is 8.12. The maximum absolute atomic E-state index is 11.0. The minimum absolute atomic E-state index is 0.0464. The van der Waals surface area contributed by atoms with Crippen LogP contribution < -0.4 is 0 Å². The first kappa shape index (κ1) is 28.7. The molecule has 0 aromatic rings. The minimum Gasteiger partial charge on any atom is -0.393 e. The molecule has 222 valence electrons. The molecule has 1 heterocycles. The lowest BCUT2D eigenvalue weighted by molar-refractivity contribution is -0.248. The highest BCUT2D eigenvalue weighted by atomic mass is 16.5. The van der Waals surface area contributed by atoms with Gasteiger partial charge in [-0.3, -0.25) is 4.90 Å². The SMILES string of the molecule is C=C(C)[C@@H]1CC[C@]2(CCCN3CCOCC3)CC[C@]3(C)[C@H](CC[C@@H]4[C@@]5(C)CC[C@H](O)C(C)(C)[C@@H]5CC[C@]43C)[C@@H]12. The molecule has 0 bridgehead atoms. The Kier molecular flexibility index (Phi) is 7.24. The second-order valence-corrected chi connectivity index (χ2v) is 17.0. The van der Waals surface area contributed by atoms with Gasteiger partial charge in [0.1, 0.15) is 0 Å². The van der Waals surface area contributed by atoms with E-state index in [-0.39, 0.29) is 11.5 Å². The first-order valence-electron chi connectivity index (χ1n) is 17.0. The summed E-state index contributed by atoms with van der Waals surface area (Å²) < 4.78 is 5.62. The number of aliphatic hydroxyl groups is 1. The smallest absolute Gasteiger partial charge is 0.0594 e. The van der Waals surface area contributed by atoms with Crippen molar-refractivity contribution < 1.29 is 9.84 Å². The Balaban J connectivity index is 1.28. The van der Waals surface area contributed by atoms with Crippen LogP contribution in [0, 0.1) is 56.7 Å². The Morgan fingerprint density at radius 1 is 0.846 bits per heavy atom. The van der Waals surface area contributed by atoms with Gasteiger partial charge in [-0.25, -0.2) is 0 Å². The van der Waals surface area contributed by atoms with Gasteiger partial charge in [-0.15, -0.1) is 0 Å². The molecule has 1 N–H and O–H groups in total. The van der Waals surface area contributed by atoms with Crippen molar-refractivity contribution in [1.82, 2.24) is 4.90 Å². The van der Waals surface area contributed by atoms with Crippen LogP contribution in [0.15, 0.2) is 12.2 Å². The molecule has 0 unspecified atom stereocenters. The Bertz CT molecular complexity index is 938. The van der Waals surface area contributed by atoms with Crippen LogP contribution in [0.25, 0.3) is 0 Å². The molecule has 6 aliphatic rings. The summed E-state index contributed by atoms with van der Waals surface area (Å²) in [5, 5.41) is 11.0. The van der Waals surface area contributed by atoms with Gasteiger partial charge in [-0.05, 0) is 147 Å². The second kappa shape index (κ2) is 9.84. The highest BCUT2D eigenvalue weighted by Crippen LogP contribution is 2.77. The lowest BCUT2D eigenvalue weighted by Crippen LogP contribution is -2.66. The van der Waals surface area contributed by atoms with E-state index in [2.05, 4.69) is 53.0 Å². The van der Waals surface area contributed by atoms with Crippen LogP contribution in [0.4, 0.5) is 0 Å². The van der Waals surface area contributed by atoms with Gasteiger partial charge in [0.25, 0.3) is 0 Å². The molecule has 0 radical (unpaired) electrons. The first-order valence-corrected chi connectivity index (χ1v) is 17.0. The zero-order valence-electron chi connectivity index (χ0n) is 26.5. The van der Waals surface area contributed by atoms with Crippen LogP contribution in [-0.4, -0.2) is 49.0 Å². The van der Waals surface area contributed by atoms with E-state index in [9.17, 15) is 5.11 Å². The lowest BCUT2D eigenvalue weighted by Gasteiger charge is -2.73. The van der Waals surface area contributed by atoms with E-state index in [1.165, 1.54) is 82.7 Å². The summed E-state index contributed by atoms with van der Waals surface area (Å²) in [6, 6.07) is 0. The first-order chi connectivity index (χ1) is 18.4. The summed E-state index contributed by atoms with van der Waals surface area (Å²) in [5.41, 5.74) is 3.29. The van der Waals surface area contributed by atoms with Gasteiger partial charge in [0.2, 0.25) is 0 Å². The van der Waals surface area contributed by atoms with Crippen molar-refractivity contribution in [2.75, 3.05) is 32.8 Å². The van der Waals surface area contributed by atoms with E-state index in [0.29, 0.717) is 27.6 Å². The summed E-state index contributed by atoms with van der Waals surface area (Å²) in [6.07, 6.45) is 16.1. The predicted molar refractivity (Wildman–Crippen MR) is 161 cm³/mol. The fourth-order valence-electron chi connectivity index (χ4n) is 13.2. The van der Waals surface area contributed by atoms with Crippen LogP contribution in [0.5, 0.6) is 0 Å². The van der Waals surface area contributed by atoms with E-state index in [4.69, 9.17) is 4.74 Å². The summed E-state index contributed by atoms with van der Waals surface area (Å²) in [7, 11) is 0. The Morgan fingerprint density at radius 2 is 1.59 bits per heavy atom. The number of aliphatic hydroxyl groups excluding tert-OH is 1. The summed E-state index contributed by atoms with van der Waals surface area (Å²) in [6.45, 7) is 25.3. The van der Waals surface area contributed by atoms with Gasteiger partial charge in [-0.2, -0.15) is 0 Å². The number of allylic oxidation sites excluding steroid dienone is 1. The van der Waals surface area contributed by atoms with Crippen LogP contribution in [0.1, 0.15) is 119 Å². The zero-order chi connectivity index (χ0) is 27.8. The third-order valence-electron chi connectivity index (χ3n) is 15.5. The van der Waals surface area contributed by atoms with Crippen LogP contribution in [-0.2, 0) is 4.74 Å². The Morgan fingerprint density at radius 3 is 2.31 bits per heavy atom. The molecule has 1 saturated heterocycles. The van der Waals surface area contributed by atoms with Crippen molar-refractivity contribution in [1.29, 1.82) is 0 Å². The fraction of sp³-hybridized carbons (Fsp3) is 0.944. The fourth-order valence-corrected chi connectivity index (χ4v) is 13.2. The largest absolute Gasteiger partial charge is 0.393 e. The highest BCUT2D eigenvalue weighted by molar-refractivity contribution is 5.21. The molecule has 6 fully saturated rings. The number of fused-ring (bicyclic) bond motifs is 7. The Hall–Kier alpha value is -0.380. The quantitative estimate of drug-likeness (QED) is 0.358. The van der Waals surface area contributed by atoms with Crippen molar-refractivity contribution in [3.05, 3.63) is 12.2 Å². The molecule has 0 amide bonds. The molecule has 0 aromatic carbocycles. The number of hydrogen-bond donors (Lipinski definition) is 1. The van der Waals surface area contributed by atoms with Crippen molar-refractivity contribution in [2.45, 2.75) is 125 Å². The number of nitrogens with zero attached hydrogens (tertiary/aromatic N) is 1. The number of ether oxygens (including phenoxy) is 1. The lowest BCUT2D eigenvalue weighted by atomic mass is 9.32. The minimum atomic E-state index is -0.130. The van der Waals surface area contributed by atoms with Gasteiger partial charge in [0.15, 0.2) is 0 Å². The van der Waals surface area contributed by atoms with E-state index in [0.717, 1.165) is 56.4 Å². The van der Waals surface area contributed by atoms with Crippen LogP contribution in [0.3, 0.4) is 0 Å². The maximum atomic E-state index is 11.0. The Labute approximate surface area is 240 Å². The molecule has 5 saturated carbocycles. The van der Waals surface area contributed by atoms with Gasteiger partial charge in [0.05, 0.1) is 19.3 Å². The van der Waals surface area contributed by atoms with Gasteiger partial charge >= 0.3 is 0 Å². The van der Waals surface area contributed by atoms with E-state index in [1.807, 2.05) is 0 Å². The summed E-state index contributed by atoms with van der Waals surface area (Å²) in [4.78, 5) is 2.65. The van der Waals surface area contributed by atoms with Gasteiger partial charge in [-0.1, -0.05) is 46.8 Å². The second-order valence-electron chi connectivity index (χ2n) is 17.0. The zero-order valence-corrected chi connectivity index (χ0v) is 26.5. The van der Waals surface area contributed by atoms with E-state index >= 15 is 0 Å². The third-order valence-corrected chi connectivity index (χ3v) is 15.5. The summed E-state index contributed by atoms with van der Waals surface area (Å²) in [5.74, 6) is 3.88. The monoisotopic (exact) mass is 539 g/mol. The molecule has 10 atom stereocenters. The average Bonchev–Trinajstić information content (AvgIpc) is 3.28. The third kappa shape index (κ3) is 4.12. The topological polar surface area (TPSA) is 32.7 Å². The van der Waals surface area contributed by atoms with E-state index in [1.54, 1.807) is 0 Å². The average molecular weight is 540 g/mol. The molecular formula is C36H61NO2. The molecule has 0 spiro atoms. The van der Waals surface area contributed by atoms with Crippen LogP contribution in [0.2, 0.25) is 0 Å². The van der Waals surface area contributed by atoms with Crippen molar-refractivity contribution in [3.8, 4) is 0 Å². The number of hydrogen-bond acceptors (Lipinski definition) is 3. The number of rotatable bonds is 5. The number of morpholine rings is 1. The molecule has 39 heavy (non-hydrogen) atoms. The van der Waals surface area contributed by atoms with Crippen LogP contribution >= 0.6 is 0 Å². The van der Waals surface area contributed by atoms with Crippen molar-refractivity contribution >= 4 is 0 Å². The normalized spacial score (nSPS) is 51.4. The molecule has 6 rings (SSSR count). The standard InChI is InChI=1S/C36H61NO2/c1-25(2)26-11-17-36(14-8-20-37-21-23-39-24-22-37)19-18-34(6)27(31(26)36)9-10-29-33(5)15-13-30(38)32(3,4)28(33)12-16-35(29,34)7/h26-31,38H,1,8-24H2,2-7H3/t26-,27+,28-,29+,30-,31+,33-,34+,35+,36+/m0/s1. The van der Waals surface area contributed by atoms with Crippen molar-refractivity contribution in [3.63, 3.8) is 0 Å². The maximum Gasteiger partial charge on any atom is 0.0594 e. The molecule has 1 aliphatic heterocycles. The highest BCUT2D eigenvalue weighted by Gasteiger charge is 2.70. The molecular weight excluding hydrogens is 478 g/mol. The molecule has 3 nitrogen and oxygen atoms in total. The molecule has 0 aromatic heterocycles.